The number of thiophene rings is 1. The number of carbonyl (C=O) groups excluding carboxylic acids is 1. The topological polar surface area (TPSA) is 57.8 Å². The molecule has 0 fully saturated rings. The van der Waals surface area contributed by atoms with Gasteiger partial charge in [0.25, 0.3) is 0 Å². The van der Waals surface area contributed by atoms with E-state index in [2.05, 4.69) is 41.5 Å². The van der Waals surface area contributed by atoms with Crippen molar-refractivity contribution >= 4 is 34.8 Å². The van der Waals surface area contributed by atoms with E-state index in [1.165, 1.54) is 4.88 Å². The summed E-state index contributed by atoms with van der Waals surface area (Å²) in [5.41, 5.74) is 0.940. The molecule has 2 heterocycles. The number of carbonyl (C=O) groups is 1. The van der Waals surface area contributed by atoms with Crippen molar-refractivity contribution in [2.75, 3.05) is 11.1 Å². The molecule has 2 aromatic heterocycles. The van der Waals surface area contributed by atoms with Crippen molar-refractivity contribution in [3.8, 4) is 10.6 Å². The minimum atomic E-state index is -0.0549. The third kappa shape index (κ3) is 4.61. The maximum atomic E-state index is 12.1. The standard InChI is InChI=1S/C15H21N3OS2/c1-4-5-8-20-11(3)15(19)16-14-9-12(17-18-14)13-7-6-10(2)21-13/h6-7,9,11H,4-5,8H2,1-3H3,(H2,16,17,18,19). The first kappa shape index (κ1) is 16.1. The molecule has 2 aromatic rings. The van der Waals surface area contributed by atoms with Crippen LogP contribution in [0.25, 0.3) is 10.6 Å². The molecule has 1 amide bonds. The van der Waals surface area contributed by atoms with Crippen molar-refractivity contribution in [2.24, 2.45) is 0 Å². The Hall–Kier alpha value is -1.27. The highest BCUT2D eigenvalue weighted by Crippen LogP contribution is 2.27. The molecule has 114 valence electrons. The van der Waals surface area contributed by atoms with E-state index in [0.29, 0.717) is 5.82 Å². The van der Waals surface area contributed by atoms with Crippen LogP contribution >= 0.6 is 23.1 Å². The van der Waals surface area contributed by atoms with Gasteiger partial charge in [-0.05, 0) is 38.2 Å². The molecule has 0 aliphatic carbocycles. The normalized spacial score (nSPS) is 12.3. The summed E-state index contributed by atoms with van der Waals surface area (Å²) in [4.78, 5) is 14.5. The Morgan fingerprint density at radius 1 is 1.52 bits per heavy atom. The summed E-state index contributed by atoms with van der Waals surface area (Å²) in [6, 6.07) is 6.01. The van der Waals surface area contributed by atoms with Crippen molar-refractivity contribution in [1.82, 2.24) is 10.2 Å². The molecule has 0 spiro atoms. The molecule has 0 saturated carbocycles. The maximum Gasteiger partial charge on any atom is 0.238 e. The Labute approximate surface area is 133 Å². The summed E-state index contributed by atoms with van der Waals surface area (Å²) >= 11 is 3.39. The summed E-state index contributed by atoms with van der Waals surface area (Å²) in [6.07, 6.45) is 2.30. The van der Waals surface area contributed by atoms with Gasteiger partial charge in [0.05, 0.1) is 15.8 Å². The number of anilines is 1. The number of aryl methyl sites for hydroxylation is 1. The van der Waals surface area contributed by atoms with E-state index in [-0.39, 0.29) is 11.2 Å². The van der Waals surface area contributed by atoms with Gasteiger partial charge in [-0.3, -0.25) is 9.89 Å². The fourth-order valence-electron chi connectivity index (χ4n) is 1.80. The molecule has 0 bridgehead atoms. The minimum Gasteiger partial charge on any atom is -0.308 e. The first-order valence-electron chi connectivity index (χ1n) is 7.15. The molecule has 2 rings (SSSR count). The first-order chi connectivity index (χ1) is 10.1. The van der Waals surface area contributed by atoms with Crippen molar-refractivity contribution < 1.29 is 4.79 Å². The van der Waals surface area contributed by atoms with Crippen LogP contribution in [0.4, 0.5) is 5.82 Å². The van der Waals surface area contributed by atoms with Gasteiger partial charge in [-0.2, -0.15) is 5.10 Å². The lowest BCUT2D eigenvalue weighted by atomic mass is 10.3. The summed E-state index contributed by atoms with van der Waals surface area (Å²) in [5, 5.41) is 9.95. The van der Waals surface area contributed by atoms with Gasteiger partial charge in [-0.25, -0.2) is 0 Å². The second kappa shape index (κ2) is 7.66. The van der Waals surface area contributed by atoms with Crippen LogP contribution in [0.15, 0.2) is 18.2 Å². The Balaban J connectivity index is 1.91. The number of hydrogen-bond acceptors (Lipinski definition) is 4. The smallest absolute Gasteiger partial charge is 0.238 e. The van der Waals surface area contributed by atoms with E-state index in [1.807, 2.05) is 13.0 Å². The third-order valence-corrected chi connectivity index (χ3v) is 5.34. The third-order valence-electron chi connectivity index (χ3n) is 3.07. The van der Waals surface area contributed by atoms with Gasteiger partial charge in [0.2, 0.25) is 5.91 Å². The van der Waals surface area contributed by atoms with Crippen LogP contribution in [0.5, 0.6) is 0 Å². The lowest BCUT2D eigenvalue weighted by Gasteiger charge is -2.09. The zero-order valence-electron chi connectivity index (χ0n) is 12.6. The molecule has 2 N–H and O–H groups in total. The van der Waals surface area contributed by atoms with Crippen LogP contribution in [0.3, 0.4) is 0 Å². The highest BCUT2D eigenvalue weighted by molar-refractivity contribution is 8.00. The van der Waals surface area contributed by atoms with Gasteiger partial charge in [0.1, 0.15) is 0 Å². The number of hydrogen-bond donors (Lipinski definition) is 2. The van der Waals surface area contributed by atoms with Crippen molar-refractivity contribution in [1.29, 1.82) is 0 Å². The number of aromatic nitrogens is 2. The average molecular weight is 323 g/mol. The molecule has 0 aliphatic rings. The fourth-order valence-corrected chi connectivity index (χ4v) is 3.65. The number of nitrogens with one attached hydrogen (secondary N) is 2. The summed E-state index contributed by atoms with van der Waals surface area (Å²) < 4.78 is 0. The van der Waals surface area contributed by atoms with E-state index in [0.717, 1.165) is 29.2 Å². The van der Waals surface area contributed by atoms with E-state index >= 15 is 0 Å². The van der Waals surface area contributed by atoms with Crippen molar-refractivity contribution in [3.63, 3.8) is 0 Å². The molecular formula is C15H21N3OS2. The molecule has 21 heavy (non-hydrogen) atoms. The highest BCUT2D eigenvalue weighted by Gasteiger charge is 2.15. The lowest BCUT2D eigenvalue weighted by Crippen LogP contribution is -2.23. The Morgan fingerprint density at radius 3 is 3.00 bits per heavy atom. The van der Waals surface area contributed by atoms with Gasteiger partial charge in [0, 0.05) is 10.9 Å². The molecule has 4 nitrogen and oxygen atoms in total. The quantitative estimate of drug-likeness (QED) is 0.747. The highest BCUT2D eigenvalue weighted by atomic mass is 32.2. The Kier molecular flexibility index (Phi) is 5.87. The summed E-state index contributed by atoms with van der Waals surface area (Å²) in [7, 11) is 0. The zero-order chi connectivity index (χ0) is 15.2. The van der Waals surface area contributed by atoms with Crippen molar-refractivity contribution in [3.05, 3.63) is 23.1 Å². The molecule has 0 radical (unpaired) electrons. The number of thioether (sulfide) groups is 1. The second-order valence-corrected chi connectivity index (χ2v) is 7.67. The van der Waals surface area contributed by atoms with Gasteiger partial charge < -0.3 is 5.32 Å². The van der Waals surface area contributed by atoms with Crippen LogP contribution in [-0.4, -0.2) is 27.1 Å². The van der Waals surface area contributed by atoms with Gasteiger partial charge in [-0.1, -0.05) is 13.3 Å². The Morgan fingerprint density at radius 2 is 2.33 bits per heavy atom. The van der Waals surface area contributed by atoms with E-state index in [4.69, 9.17) is 0 Å². The van der Waals surface area contributed by atoms with Crippen LogP contribution in [-0.2, 0) is 4.79 Å². The molecule has 0 saturated heterocycles. The van der Waals surface area contributed by atoms with Gasteiger partial charge in [-0.15, -0.1) is 23.1 Å². The zero-order valence-corrected chi connectivity index (χ0v) is 14.2. The van der Waals surface area contributed by atoms with Crippen LogP contribution < -0.4 is 5.32 Å². The molecular weight excluding hydrogens is 302 g/mol. The predicted molar refractivity (Wildman–Crippen MR) is 92.1 cm³/mol. The molecule has 0 aromatic carbocycles. The molecule has 1 unspecified atom stereocenters. The van der Waals surface area contributed by atoms with E-state index < -0.39 is 0 Å². The number of nitrogens with zero attached hydrogens (tertiary/aromatic N) is 1. The van der Waals surface area contributed by atoms with E-state index in [9.17, 15) is 4.79 Å². The predicted octanol–water partition coefficient (Wildman–Crippen LogP) is 4.31. The molecule has 1 atom stereocenters. The first-order valence-corrected chi connectivity index (χ1v) is 9.01. The lowest BCUT2D eigenvalue weighted by molar-refractivity contribution is -0.115. The number of unbranched alkanes of at least 4 members (excludes halogenated alkanes) is 1. The Bertz CT molecular complexity index is 591. The van der Waals surface area contributed by atoms with Crippen LogP contribution in [0.2, 0.25) is 0 Å². The minimum absolute atomic E-state index is 0.0107. The number of rotatable bonds is 7. The second-order valence-electron chi connectivity index (χ2n) is 4.93. The van der Waals surface area contributed by atoms with Crippen LogP contribution in [0.1, 0.15) is 31.6 Å². The number of H-pyrrole nitrogens is 1. The van der Waals surface area contributed by atoms with E-state index in [1.54, 1.807) is 23.1 Å². The van der Waals surface area contributed by atoms with Crippen LogP contribution in [0, 0.1) is 6.92 Å². The average Bonchev–Trinajstić information content (AvgIpc) is 3.07. The van der Waals surface area contributed by atoms with Crippen molar-refractivity contribution in [2.45, 2.75) is 38.9 Å². The van der Waals surface area contributed by atoms with Gasteiger partial charge in [0.15, 0.2) is 5.82 Å². The molecule has 6 heteroatoms. The number of aromatic amines is 1. The monoisotopic (exact) mass is 323 g/mol. The summed E-state index contributed by atoms with van der Waals surface area (Å²) in [5.74, 6) is 1.62. The van der Waals surface area contributed by atoms with Gasteiger partial charge >= 0.3 is 0 Å². The SMILES string of the molecule is CCCCSC(C)C(=O)Nc1cc(-c2ccc(C)s2)[nH]n1. The fraction of sp³-hybridized carbons (Fsp3) is 0.467. The summed E-state index contributed by atoms with van der Waals surface area (Å²) in [6.45, 7) is 6.16. The molecule has 0 aliphatic heterocycles. The maximum absolute atomic E-state index is 12.1. The number of amides is 1. The largest absolute Gasteiger partial charge is 0.308 e.